The number of piperidine rings is 1. The second-order valence-electron chi connectivity index (χ2n) is 5.34. The van der Waals surface area contributed by atoms with Gasteiger partial charge in [0.15, 0.2) is 0 Å². The predicted molar refractivity (Wildman–Crippen MR) is 92.1 cm³/mol. The van der Waals surface area contributed by atoms with Gasteiger partial charge in [-0.05, 0) is 31.5 Å². The van der Waals surface area contributed by atoms with Crippen molar-refractivity contribution in [2.75, 3.05) is 25.0 Å². The number of rotatable bonds is 4. The molecule has 22 heavy (non-hydrogen) atoms. The summed E-state index contributed by atoms with van der Waals surface area (Å²) in [7, 11) is 0. The Morgan fingerprint density at radius 2 is 2.27 bits per heavy atom. The highest BCUT2D eigenvalue weighted by Gasteiger charge is 2.23. The van der Waals surface area contributed by atoms with Gasteiger partial charge >= 0.3 is 0 Å². The molecule has 2 aliphatic rings. The molecule has 6 nitrogen and oxygen atoms in total. The topological polar surface area (TPSA) is 83.1 Å². The van der Waals surface area contributed by atoms with Gasteiger partial charge in [0.05, 0.1) is 23.6 Å². The highest BCUT2D eigenvalue weighted by Crippen LogP contribution is 2.38. The van der Waals surface area contributed by atoms with Gasteiger partial charge in [0, 0.05) is 12.6 Å². The van der Waals surface area contributed by atoms with Gasteiger partial charge in [0.1, 0.15) is 11.4 Å². The Morgan fingerprint density at radius 3 is 3.09 bits per heavy atom. The number of nitrogens with zero attached hydrogens (tertiary/aromatic N) is 3. The molecule has 1 atom stereocenters. The third-order valence-electron chi connectivity index (χ3n) is 3.93. The molecular weight excluding hydrogens is 322 g/mol. The predicted octanol–water partition coefficient (Wildman–Crippen LogP) is 2.59. The summed E-state index contributed by atoms with van der Waals surface area (Å²) in [5.74, 6) is -0.0177. The van der Waals surface area contributed by atoms with Crippen molar-refractivity contribution in [2.24, 2.45) is 14.5 Å². The number of nitrogens with one attached hydrogen (secondary N) is 1. The van der Waals surface area contributed by atoms with E-state index in [1.165, 1.54) is 6.42 Å². The van der Waals surface area contributed by atoms with Gasteiger partial charge in [0.2, 0.25) is 5.91 Å². The van der Waals surface area contributed by atoms with E-state index in [1.807, 2.05) is 18.2 Å². The second-order valence-corrected chi connectivity index (χ2v) is 5.87. The standard InChI is InChI=1S/C14H19N5OS.ClH/c15-8-10-4-1-2-7-19(10)9-13(20)16-11-5-3-6-12-14(11)18-21-17-12;/h3,5-6,10H,1-2,4,7-9,15H2,(H,16,20);1H. The van der Waals surface area contributed by atoms with Gasteiger partial charge < -0.3 is 11.1 Å². The van der Waals surface area contributed by atoms with Crippen molar-refractivity contribution in [3.05, 3.63) is 18.2 Å². The zero-order chi connectivity index (χ0) is 14.7. The van der Waals surface area contributed by atoms with Crippen LogP contribution >= 0.6 is 12.4 Å². The van der Waals surface area contributed by atoms with Gasteiger partial charge in [0.25, 0.3) is 0 Å². The summed E-state index contributed by atoms with van der Waals surface area (Å²) in [5.41, 5.74) is 8.09. The van der Waals surface area contributed by atoms with Gasteiger partial charge in [-0.25, -0.2) is 0 Å². The van der Waals surface area contributed by atoms with Crippen molar-refractivity contribution >= 4 is 46.7 Å². The van der Waals surface area contributed by atoms with E-state index in [2.05, 4.69) is 18.9 Å². The van der Waals surface area contributed by atoms with Crippen molar-refractivity contribution in [1.82, 2.24) is 4.90 Å². The number of anilines is 1. The molecule has 0 aliphatic carbocycles. The molecule has 1 fully saturated rings. The van der Waals surface area contributed by atoms with Crippen LogP contribution in [0.5, 0.6) is 0 Å². The van der Waals surface area contributed by atoms with Crippen LogP contribution in [0.25, 0.3) is 0 Å². The SMILES string of the molecule is Cl.NCC1CCCCN1CC(=O)Nc1cccc2c1N=S=N2. The minimum absolute atomic E-state index is 0. The summed E-state index contributed by atoms with van der Waals surface area (Å²) in [6.45, 7) is 1.94. The molecule has 1 amide bonds. The molecule has 3 rings (SSSR count). The zero-order valence-electron chi connectivity index (χ0n) is 12.2. The smallest absolute Gasteiger partial charge is 0.238 e. The minimum Gasteiger partial charge on any atom is -0.329 e. The van der Waals surface area contributed by atoms with E-state index >= 15 is 0 Å². The molecule has 1 saturated heterocycles. The summed E-state index contributed by atoms with van der Waals surface area (Å²) in [6.07, 6.45) is 3.41. The fourth-order valence-electron chi connectivity index (χ4n) is 2.82. The van der Waals surface area contributed by atoms with Crippen LogP contribution in [0.4, 0.5) is 17.1 Å². The first-order chi connectivity index (χ1) is 10.3. The first-order valence-corrected chi connectivity index (χ1v) is 7.96. The van der Waals surface area contributed by atoms with E-state index < -0.39 is 0 Å². The van der Waals surface area contributed by atoms with Crippen LogP contribution in [0, 0.1) is 0 Å². The van der Waals surface area contributed by atoms with E-state index in [0.717, 1.165) is 47.8 Å². The number of likely N-dealkylation sites (tertiary alicyclic amines) is 1. The van der Waals surface area contributed by atoms with Crippen molar-refractivity contribution < 1.29 is 4.79 Å². The van der Waals surface area contributed by atoms with Crippen LogP contribution < -0.4 is 11.1 Å². The molecule has 3 N–H and O–H groups in total. The third kappa shape index (κ3) is 3.73. The van der Waals surface area contributed by atoms with Crippen LogP contribution in [0.2, 0.25) is 0 Å². The lowest BCUT2D eigenvalue weighted by Gasteiger charge is -2.34. The molecule has 8 heteroatoms. The average Bonchev–Trinajstić information content (AvgIpc) is 2.97. The average molecular weight is 342 g/mol. The highest BCUT2D eigenvalue weighted by molar-refractivity contribution is 7.58. The quantitative estimate of drug-likeness (QED) is 0.896. The van der Waals surface area contributed by atoms with Gasteiger partial charge in [-0.2, -0.15) is 8.73 Å². The molecule has 120 valence electrons. The molecule has 2 heterocycles. The largest absolute Gasteiger partial charge is 0.329 e. The van der Waals surface area contributed by atoms with Crippen LogP contribution in [0.3, 0.4) is 0 Å². The summed E-state index contributed by atoms with van der Waals surface area (Å²) in [5, 5.41) is 2.95. The summed E-state index contributed by atoms with van der Waals surface area (Å²) in [6, 6.07) is 5.95. The van der Waals surface area contributed by atoms with Gasteiger partial charge in [-0.15, -0.1) is 12.4 Å². The van der Waals surface area contributed by atoms with Gasteiger partial charge in [-0.3, -0.25) is 9.69 Å². The number of nitrogens with two attached hydrogens (primary N) is 1. The molecule has 0 bridgehead atoms. The first kappa shape index (κ1) is 17.1. The van der Waals surface area contributed by atoms with E-state index in [9.17, 15) is 4.79 Å². The number of carbonyl (C=O) groups is 1. The third-order valence-corrected chi connectivity index (χ3v) is 4.47. The number of halogens is 1. The number of benzene rings is 1. The lowest BCUT2D eigenvalue weighted by molar-refractivity contribution is -0.118. The number of hydrogen-bond donors (Lipinski definition) is 2. The summed E-state index contributed by atoms with van der Waals surface area (Å²) >= 11 is 1.16. The number of hydrogen-bond acceptors (Lipinski definition) is 5. The highest BCUT2D eigenvalue weighted by atomic mass is 35.5. The van der Waals surface area contributed by atoms with Crippen LogP contribution in [-0.2, 0) is 16.1 Å². The Kier molecular flexibility index (Phi) is 6.07. The van der Waals surface area contributed by atoms with E-state index in [-0.39, 0.29) is 18.3 Å². The van der Waals surface area contributed by atoms with E-state index in [0.29, 0.717) is 19.1 Å². The lowest BCUT2D eigenvalue weighted by atomic mass is 10.0. The van der Waals surface area contributed by atoms with Crippen LogP contribution in [-0.4, -0.2) is 36.5 Å². The Morgan fingerprint density at radius 1 is 1.41 bits per heavy atom. The van der Waals surface area contributed by atoms with Crippen LogP contribution in [0.1, 0.15) is 19.3 Å². The normalized spacial score (nSPS) is 20.0. The van der Waals surface area contributed by atoms with Crippen molar-refractivity contribution in [3.8, 4) is 0 Å². The first-order valence-electron chi connectivity index (χ1n) is 7.23. The van der Waals surface area contributed by atoms with E-state index in [1.54, 1.807) is 0 Å². The molecule has 1 unspecified atom stereocenters. The Labute approximate surface area is 139 Å². The van der Waals surface area contributed by atoms with Gasteiger partial charge in [-0.1, -0.05) is 12.5 Å². The molecule has 1 aromatic carbocycles. The van der Waals surface area contributed by atoms with Crippen LogP contribution in [0.15, 0.2) is 26.9 Å². The van der Waals surface area contributed by atoms with E-state index in [4.69, 9.17) is 5.73 Å². The second kappa shape index (κ2) is 7.82. The van der Waals surface area contributed by atoms with Crippen molar-refractivity contribution in [1.29, 1.82) is 0 Å². The zero-order valence-corrected chi connectivity index (χ0v) is 13.8. The molecule has 1 aromatic rings. The maximum Gasteiger partial charge on any atom is 0.238 e. The molecule has 0 aromatic heterocycles. The number of carbonyl (C=O) groups excluding carboxylic acids is 1. The number of fused-ring (bicyclic) bond motifs is 1. The maximum atomic E-state index is 12.3. The molecule has 0 saturated carbocycles. The Hall–Kier alpha value is -1.28. The summed E-state index contributed by atoms with van der Waals surface area (Å²) in [4.78, 5) is 14.4. The Bertz CT molecular complexity index is 617. The fraction of sp³-hybridized carbons (Fsp3) is 0.500. The fourth-order valence-corrected chi connectivity index (χ4v) is 3.37. The monoisotopic (exact) mass is 341 g/mol. The summed E-state index contributed by atoms with van der Waals surface area (Å²) < 4.78 is 8.41. The molecule has 0 spiro atoms. The molecular formula is C14H20ClN5OS. The number of amides is 1. The molecule has 2 aliphatic heterocycles. The van der Waals surface area contributed by atoms with Crippen molar-refractivity contribution in [2.45, 2.75) is 25.3 Å². The maximum absolute atomic E-state index is 12.3. The Balaban J connectivity index is 0.00000176. The van der Waals surface area contributed by atoms with Crippen molar-refractivity contribution in [3.63, 3.8) is 0 Å². The molecule has 0 radical (unpaired) electrons. The minimum atomic E-state index is -0.0177. The lowest BCUT2D eigenvalue weighted by Crippen LogP contribution is -2.47.